The predicted octanol–water partition coefficient (Wildman–Crippen LogP) is 6.36. The minimum absolute atomic E-state index is 0.00483. The monoisotopic (exact) mass is 554 g/mol. The maximum absolute atomic E-state index is 12.5. The van der Waals surface area contributed by atoms with E-state index in [2.05, 4.69) is 53.6 Å². The smallest absolute Gasteiger partial charge is 0.272 e. The molecule has 1 aromatic heterocycles. The van der Waals surface area contributed by atoms with Gasteiger partial charge in [0.05, 0.1) is 16.2 Å². The van der Waals surface area contributed by atoms with E-state index in [9.17, 15) is 14.9 Å². The van der Waals surface area contributed by atoms with Crippen LogP contribution in [0.25, 0.3) is 23.2 Å². The van der Waals surface area contributed by atoms with Gasteiger partial charge in [-0.15, -0.1) is 10.2 Å². The van der Waals surface area contributed by atoms with Gasteiger partial charge in [-0.2, -0.15) is 5.10 Å². The second-order valence-corrected chi connectivity index (χ2v) is 11.0. The van der Waals surface area contributed by atoms with Gasteiger partial charge in [-0.1, -0.05) is 86.6 Å². The van der Waals surface area contributed by atoms with E-state index in [0.717, 1.165) is 16.8 Å². The van der Waals surface area contributed by atoms with Gasteiger partial charge >= 0.3 is 0 Å². The number of allylic oxidation sites excluding steroid dienone is 1. The number of amides is 1. The van der Waals surface area contributed by atoms with Crippen molar-refractivity contribution in [3.8, 4) is 17.1 Å². The van der Waals surface area contributed by atoms with Crippen LogP contribution in [-0.4, -0.2) is 37.6 Å². The lowest BCUT2D eigenvalue weighted by Gasteiger charge is -2.19. The van der Waals surface area contributed by atoms with Crippen LogP contribution in [-0.2, 0) is 10.2 Å². The van der Waals surface area contributed by atoms with E-state index >= 15 is 0 Å². The number of hydrogen-bond acceptors (Lipinski definition) is 7. The highest BCUT2D eigenvalue weighted by Gasteiger charge is 2.19. The summed E-state index contributed by atoms with van der Waals surface area (Å²) >= 11 is 1.25. The number of carbonyl (C=O) groups excluding carboxylic acids is 1. The Morgan fingerprint density at radius 1 is 1.05 bits per heavy atom. The quantitative estimate of drug-likeness (QED) is 0.111. The number of hydrazone groups is 1. The molecule has 0 atom stereocenters. The number of hydrogen-bond donors (Lipinski definition) is 1. The first-order valence-electron chi connectivity index (χ1n) is 12.6. The molecule has 0 unspecified atom stereocenters. The molecule has 0 aliphatic rings. The Bertz CT molecular complexity index is 1550. The minimum atomic E-state index is -0.447. The molecule has 0 aliphatic heterocycles. The highest BCUT2D eigenvalue weighted by atomic mass is 32.2. The molecule has 0 spiro atoms. The molecule has 4 aromatic rings. The summed E-state index contributed by atoms with van der Waals surface area (Å²) in [5.41, 5.74) is 7.12. The first-order valence-corrected chi connectivity index (χ1v) is 13.6. The number of para-hydroxylation sites is 1. The van der Waals surface area contributed by atoms with Crippen molar-refractivity contribution < 1.29 is 9.72 Å². The molecule has 40 heavy (non-hydrogen) atoms. The average Bonchev–Trinajstić information content (AvgIpc) is 3.36. The van der Waals surface area contributed by atoms with Crippen LogP contribution < -0.4 is 5.43 Å². The van der Waals surface area contributed by atoms with Crippen LogP contribution in [0.1, 0.15) is 37.5 Å². The summed E-state index contributed by atoms with van der Waals surface area (Å²) in [4.78, 5) is 23.1. The second-order valence-electron chi connectivity index (χ2n) is 10.1. The highest BCUT2D eigenvalue weighted by molar-refractivity contribution is 7.99. The van der Waals surface area contributed by atoms with Gasteiger partial charge in [0.2, 0.25) is 0 Å². The Morgan fingerprint density at radius 2 is 1.75 bits per heavy atom. The SMILES string of the molecule is Cc1ccc(-n2c(SCC(=O)N/N=C\C=C/c3ccccc3[N+](=O)[O-])nnc2-c2ccc(C(C)(C)C)cc2)cc1. The Morgan fingerprint density at radius 3 is 2.42 bits per heavy atom. The van der Waals surface area contributed by atoms with Crippen LogP contribution in [0.15, 0.2) is 89.1 Å². The topological polar surface area (TPSA) is 115 Å². The van der Waals surface area contributed by atoms with Crippen molar-refractivity contribution >= 4 is 35.6 Å². The van der Waals surface area contributed by atoms with Crippen molar-refractivity contribution in [1.82, 2.24) is 20.2 Å². The van der Waals surface area contributed by atoms with Crippen molar-refractivity contribution in [2.75, 3.05) is 5.75 Å². The summed E-state index contributed by atoms with van der Waals surface area (Å²) in [6, 6.07) is 22.7. The van der Waals surface area contributed by atoms with Crippen LogP contribution in [0.4, 0.5) is 5.69 Å². The zero-order valence-electron chi connectivity index (χ0n) is 22.7. The highest BCUT2D eigenvalue weighted by Crippen LogP contribution is 2.30. The van der Waals surface area contributed by atoms with E-state index in [-0.39, 0.29) is 22.8 Å². The lowest BCUT2D eigenvalue weighted by atomic mass is 9.87. The maximum atomic E-state index is 12.5. The molecular formula is C30H30N6O3S. The van der Waals surface area contributed by atoms with Crippen LogP contribution in [0, 0.1) is 17.0 Å². The summed E-state index contributed by atoms with van der Waals surface area (Å²) in [6.07, 6.45) is 4.45. The largest absolute Gasteiger partial charge is 0.276 e. The molecule has 0 saturated carbocycles. The van der Waals surface area contributed by atoms with Crippen molar-refractivity contribution in [2.45, 2.75) is 38.3 Å². The van der Waals surface area contributed by atoms with Gasteiger partial charge in [0.1, 0.15) is 0 Å². The van der Waals surface area contributed by atoms with Crippen molar-refractivity contribution in [1.29, 1.82) is 0 Å². The normalized spacial score (nSPS) is 11.8. The molecule has 9 nitrogen and oxygen atoms in total. The van der Waals surface area contributed by atoms with Gasteiger partial charge in [-0.05, 0) is 48.3 Å². The van der Waals surface area contributed by atoms with E-state index in [1.54, 1.807) is 24.3 Å². The maximum Gasteiger partial charge on any atom is 0.276 e. The fourth-order valence-corrected chi connectivity index (χ4v) is 4.60. The number of aromatic nitrogens is 3. The zero-order chi connectivity index (χ0) is 28.7. The number of aryl methyl sites for hydroxylation is 1. The standard InChI is InChI=1S/C30H30N6O3S/c1-21-11-17-25(18-12-21)35-28(23-13-15-24(16-14-23)30(2,3)4)33-34-29(35)40-20-27(37)32-31-19-7-9-22-8-5-6-10-26(22)36(38)39/h5-19H,20H2,1-4H3,(H,32,37)/b9-7-,31-19-. The number of benzene rings is 3. The van der Waals surface area contributed by atoms with E-state index in [4.69, 9.17) is 0 Å². The molecule has 0 fully saturated rings. The summed E-state index contributed by atoms with van der Waals surface area (Å²) in [5.74, 6) is 0.429. The molecule has 4 rings (SSSR count). The van der Waals surface area contributed by atoms with Crippen molar-refractivity contribution in [2.24, 2.45) is 5.10 Å². The molecule has 3 aromatic carbocycles. The zero-order valence-corrected chi connectivity index (χ0v) is 23.6. The van der Waals surface area contributed by atoms with Crippen LogP contribution >= 0.6 is 11.8 Å². The Balaban J connectivity index is 1.47. The third kappa shape index (κ3) is 7.09. The number of rotatable bonds is 9. The van der Waals surface area contributed by atoms with Crippen LogP contribution in [0.2, 0.25) is 0 Å². The molecule has 0 bridgehead atoms. The molecule has 204 valence electrons. The molecule has 0 saturated heterocycles. The summed E-state index contributed by atoms with van der Waals surface area (Å²) in [6.45, 7) is 8.55. The number of carbonyl (C=O) groups is 1. The van der Waals surface area contributed by atoms with E-state index in [1.165, 1.54) is 35.7 Å². The van der Waals surface area contributed by atoms with E-state index in [0.29, 0.717) is 16.5 Å². The summed E-state index contributed by atoms with van der Waals surface area (Å²) < 4.78 is 1.95. The fourth-order valence-electron chi connectivity index (χ4n) is 3.85. The third-order valence-corrected chi connectivity index (χ3v) is 6.96. The van der Waals surface area contributed by atoms with E-state index < -0.39 is 4.92 Å². The Labute approximate surface area is 237 Å². The number of nitrogens with one attached hydrogen (secondary N) is 1. The summed E-state index contributed by atoms with van der Waals surface area (Å²) in [7, 11) is 0. The predicted molar refractivity (Wildman–Crippen MR) is 160 cm³/mol. The van der Waals surface area contributed by atoms with Gasteiger partial charge in [0.25, 0.3) is 11.6 Å². The lowest BCUT2D eigenvalue weighted by molar-refractivity contribution is -0.385. The lowest BCUT2D eigenvalue weighted by Crippen LogP contribution is -2.19. The second kappa shape index (κ2) is 12.5. The van der Waals surface area contributed by atoms with Gasteiger partial charge in [-0.3, -0.25) is 19.5 Å². The molecule has 1 amide bonds. The molecule has 1 N–H and O–H groups in total. The third-order valence-electron chi connectivity index (χ3n) is 6.03. The first kappa shape index (κ1) is 28.4. The molecule has 0 aliphatic carbocycles. The Hall–Kier alpha value is -4.57. The average molecular weight is 555 g/mol. The molecular weight excluding hydrogens is 524 g/mol. The van der Waals surface area contributed by atoms with Gasteiger partial charge in [-0.25, -0.2) is 5.43 Å². The number of nitrogens with zero attached hydrogens (tertiary/aromatic N) is 5. The summed E-state index contributed by atoms with van der Waals surface area (Å²) in [5, 5.41) is 24.5. The number of nitro groups is 1. The fraction of sp³-hybridized carbons (Fsp3) is 0.200. The molecule has 1 heterocycles. The minimum Gasteiger partial charge on any atom is -0.272 e. The van der Waals surface area contributed by atoms with Crippen molar-refractivity contribution in [3.63, 3.8) is 0 Å². The Kier molecular flexibility index (Phi) is 8.90. The van der Waals surface area contributed by atoms with Crippen molar-refractivity contribution in [3.05, 3.63) is 106 Å². The van der Waals surface area contributed by atoms with Gasteiger partial charge in [0, 0.05) is 23.5 Å². The van der Waals surface area contributed by atoms with Crippen LogP contribution in [0.5, 0.6) is 0 Å². The van der Waals surface area contributed by atoms with E-state index in [1.807, 2.05) is 47.9 Å². The first-order chi connectivity index (χ1) is 19.1. The van der Waals surface area contributed by atoms with Crippen LogP contribution in [0.3, 0.4) is 0 Å². The van der Waals surface area contributed by atoms with Gasteiger partial charge < -0.3 is 0 Å². The number of nitro benzene ring substituents is 1. The number of thioether (sulfide) groups is 1. The molecule has 0 radical (unpaired) electrons. The van der Waals surface area contributed by atoms with Gasteiger partial charge in [0.15, 0.2) is 11.0 Å². The molecule has 10 heteroatoms.